The number of carbonyl (C=O) groups excluding carboxylic acids is 1. The van der Waals surface area contributed by atoms with Gasteiger partial charge < -0.3 is 5.32 Å². The van der Waals surface area contributed by atoms with Crippen molar-refractivity contribution >= 4 is 37.5 Å². The van der Waals surface area contributed by atoms with Gasteiger partial charge in [-0.05, 0) is 60.2 Å². The number of benzene rings is 2. The summed E-state index contributed by atoms with van der Waals surface area (Å²) < 4.78 is 25.5. The van der Waals surface area contributed by atoms with Crippen LogP contribution in [0.2, 0.25) is 0 Å². The summed E-state index contributed by atoms with van der Waals surface area (Å²) in [5, 5.41) is 9.58. The number of nitrogens with zero attached hydrogens (tertiary/aromatic N) is 2. The van der Waals surface area contributed by atoms with E-state index in [9.17, 15) is 22.8 Å². The summed E-state index contributed by atoms with van der Waals surface area (Å²) >= 11 is 1.22. The van der Waals surface area contributed by atoms with Crippen LogP contribution in [0.15, 0.2) is 74.5 Å². The van der Waals surface area contributed by atoms with Gasteiger partial charge in [0.25, 0.3) is 5.56 Å². The van der Waals surface area contributed by atoms with Crippen LogP contribution in [-0.2, 0) is 27.8 Å². The Morgan fingerprint density at radius 2 is 1.82 bits per heavy atom. The maximum Gasteiger partial charge on any atom is 0.336 e. The fourth-order valence-corrected chi connectivity index (χ4v) is 4.97. The van der Waals surface area contributed by atoms with Gasteiger partial charge >= 0.3 is 5.69 Å². The number of nitrogens with one attached hydrogen (secondary N) is 1. The fraction of sp³-hybridized carbons (Fsp3) is 0.174. The molecule has 34 heavy (non-hydrogen) atoms. The van der Waals surface area contributed by atoms with Gasteiger partial charge in [-0.25, -0.2) is 22.9 Å². The third-order valence-corrected chi connectivity index (χ3v) is 7.12. The molecule has 0 unspecified atom stereocenters. The van der Waals surface area contributed by atoms with E-state index in [1.165, 1.54) is 28.0 Å². The molecule has 1 amide bonds. The second-order valence-corrected chi connectivity index (χ2v) is 10.2. The van der Waals surface area contributed by atoms with Crippen LogP contribution in [0.4, 0.5) is 0 Å². The topological polar surface area (TPSA) is 133 Å². The minimum atomic E-state index is -3.76. The molecule has 0 atom stereocenters. The zero-order valence-electron chi connectivity index (χ0n) is 18.2. The zero-order chi connectivity index (χ0) is 24.5. The van der Waals surface area contributed by atoms with E-state index in [2.05, 4.69) is 5.32 Å². The maximum absolute atomic E-state index is 13.2. The molecule has 0 spiro atoms. The first-order chi connectivity index (χ1) is 16.1. The Hall–Kier alpha value is -3.54. The normalized spacial score (nSPS) is 11.6. The van der Waals surface area contributed by atoms with Crippen LogP contribution in [-0.4, -0.2) is 30.0 Å². The van der Waals surface area contributed by atoms with Gasteiger partial charge in [0.05, 0.1) is 16.1 Å². The molecule has 4 aromatic rings. The molecule has 11 heteroatoms. The molecule has 0 aliphatic rings. The molecule has 0 fully saturated rings. The largest absolute Gasteiger partial charge is 0.354 e. The lowest BCUT2D eigenvalue weighted by Crippen LogP contribution is -2.41. The van der Waals surface area contributed by atoms with Crippen LogP contribution < -0.4 is 21.7 Å². The molecule has 0 bridgehead atoms. The van der Waals surface area contributed by atoms with Crippen molar-refractivity contribution in [3.05, 3.63) is 91.9 Å². The van der Waals surface area contributed by atoms with Gasteiger partial charge in [0, 0.05) is 6.54 Å². The fourth-order valence-electron chi connectivity index (χ4n) is 3.63. The van der Waals surface area contributed by atoms with Crippen molar-refractivity contribution in [3.8, 4) is 5.69 Å². The van der Waals surface area contributed by atoms with Gasteiger partial charge in [-0.2, -0.15) is 0 Å². The average molecular weight is 499 g/mol. The Kier molecular flexibility index (Phi) is 6.51. The SMILES string of the molecule is Cc1cccc(-n2c(=O)c3sccc3n(CC(=O)NCCc3ccc(S(N)(=O)=O)cc3)c2=O)c1. The van der Waals surface area contributed by atoms with Gasteiger partial charge in [0.2, 0.25) is 15.9 Å². The number of rotatable bonds is 7. The summed E-state index contributed by atoms with van der Waals surface area (Å²) in [6.07, 6.45) is 0.461. The highest BCUT2D eigenvalue weighted by atomic mass is 32.2. The van der Waals surface area contributed by atoms with Gasteiger partial charge in [0.15, 0.2) is 0 Å². The Morgan fingerprint density at radius 1 is 1.09 bits per heavy atom. The van der Waals surface area contributed by atoms with Crippen LogP contribution in [0.1, 0.15) is 11.1 Å². The highest BCUT2D eigenvalue weighted by Gasteiger charge is 2.17. The molecule has 4 rings (SSSR count). The van der Waals surface area contributed by atoms with Crippen LogP contribution in [0.5, 0.6) is 0 Å². The van der Waals surface area contributed by atoms with Gasteiger partial charge in [-0.3, -0.25) is 14.2 Å². The van der Waals surface area contributed by atoms with E-state index in [4.69, 9.17) is 5.14 Å². The monoisotopic (exact) mass is 498 g/mol. The number of primary sulfonamides is 1. The first kappa shape index (κ1) is 23.6. The first-order valence-electron chi connectivity index (χ1n) is 10.3. The zero-order valence-corrected chi connectivity index (χ0v) is 19.9. The molecular weight excluding hydrogens is 476 g/mol. The van der Waals surface area contributed by atoms with Gasteiger partial charge in [0.1, 0.15) is 11.2 Å². The van der Waals surface area contributed by atoms with E-state index >= 15 is 0 Å². The van der Waals surface area contributed by atoms with E-state index in [0.29, 0.717) is 22.3 Å². The molecule has 3 N–H and O–H groups in total. The number of carbonyl (C=O) groups is 1. The average Bonchev–Trinajstić information content (AvgIpc) is 3.27. The second-order valence-electron chi connectivity index (χ2n) is 7.77. The van der Waals surface area contributed by atoms with Crippen molar-refractivity contribution < 1.29 is 13.2 Å². The van der Waals surface area contributed by atoms with Crippen molar-refractivity contribution in [2.45, 2.75) is 24.8 Å². The highest BCUT2D eigenvalue weighted by Crippen LogP contribution is 2.17. The molecule has 2 aromatic carbocycles. The molecule has 2 heterocycles. The number of hydrogen-bond donors (Lipinski definition) is 2. The molecule has 176 valence electrons. The van der Waals surface area contributed by atoms with Crippen molar-refractivity contribution in [1.82, 2.24) is 14.5 Å². The standard InChI is InChI=1S/C23H22N4O5S2/c1-15-3-2-4-17(13-15)27-22(29)21-19(10-12-33-21)26(23(27)30)14-20(28)25-11-9-16-5-7-18(8-6-16)34(24,31)32/h2-8,10,12-13H,9,11,14H2,1H3,(H,25,28)(H2,24,31,32). The summed E-state index contributed by atoms with van der Waals surface area (Å²) in [5.41, 5.74) is 1.57. The Balaban J connectivity index is 1.54. The third-order valence-electron chi connectivity index (χ3n) is 5.30. The summed E-state index contributed by atoms with van der Waals surface area (Å²) in [6, 6.07) is 14.8. The lowest BCUT2D eigenvalue weighted by molar-refractivity contribution is -0.121. The molecule has 0 radical (unpaired) electrons. The van der Waals surface area contributed by atoms with E-state index in [1.54, 1.807) is 41.8 Å². The predicted molar refractivity (Wildman–Crippen MR) is 131 cm³/mol. The molecule has 9 nitrogen and oxygen atoms in total. The maximum atomic E-state index is 13.2. The van der Waals surface area contributed by atoms with E-state index in [1.807, 2.05) is 13.0 Å². The van der Waals surface area contributed by atoms with E-state index < -0.39 is 21.3 Å². The molecule has 2 aromatic heterocycles. The number of aromatic nitrogens is 2. The highest BCUT2D eigenvalue weighted by molar-refractivity contribution is 7.89. The smallest absolute Gasteiger partial charge is 0.336 e. The number of sulfonamides is 1. The Bertz CT molecular complexity index is 1600. The number of nitrogens with two attached hydrogens (primary N) is 1. The van der Waals surface area contributed by atoms with Crippen LogP contribution in [0.3, 0.4) is 0 Å². The third kappa shape index (κ3) is 4.86. The lowest BCUT2D eigenvalue weighted by Gasteiger charge is -2.13. The predicted octanol–water partition coefficient (Wildman–Crippen LogP) is 1.53. The number of thiophene rings is 1. The number of fused-ring (bicyclic) bond motifs is 1. The summed E-state index contributed by atoms with van der Waals surface area (Å²) in [6.45, 7) is 1.90. The quantitative estimate of drug-likeness (QED) is 0.399. The van der Waals surface area contributed by atoms with Gasteiger partial charge in [-0.15, -0.1) is 11.3 Å². The summed E-state index contributed by atoms with van der Waals surface area (Å²) in [5.74, 6) is -0.384. The van der Waals surface area contributed by atoms with E-state index in [-0.39, 0.29) is 23.9 Å². The van der Waals surface area contributed by atoms with Crippen molar-refractivity contribution in [3.63, 3.8) is 0 Å². The van der Waals surface area contributed by atoms with Crippen molar-refractivity contribution in [1.29, 1.82) is 0 Å². The Morgan fingerprint density at radius 3 is 2.50 bits per heavy atom. The molecule has 0 saturated carbocycles. The lowest BCUT2D eigenvalue weighted by atomic mass is 10.1. The second kappa shape index (κ2) is 9.37. The summed E-state index contributed by atoms with van der Waals surface area (Å²) in [7, 11) is -3.76. The molecule has 0 saturated heterocycles. The van der Waals surface area contributed by atoms with E-state index in [0.717, 1.165) is 15.7 Å². The summed E-state index contributed by atoms with van der Waals surface area (Å²) in [4.78, 5) is 38.9. The van der Waals surface area contributed by atoms with Crippen molar-refractivity contribution in [2.24, 2.45) is 5.14 Å². The first-order valence-corrected chi connectivity index (χ1v) is 12.8. The molecule has 0 aliphatic heterocycles. The minimum absolute atomic E-state index is 0.0168. The number of hydrogen-bond acceptors (Lipinski definition) is 6. The van der Waals surface area contributed by atoms with Crippen LogP contribution in [0, 0.1) is 6.92 Å². The minimum Gasteiger partial charge on any atom is -0.354 e. The Labute approximate surface area is 199 Å². The van der Waals surface area contributed by atoms with Crippen molar-refractivity contribution in [2.75, 3.05) is 6.54 Å². The molecule has 0 aliphatic carbocycles. The van der Waals surface area contributed by atoms with Crippen LogP contribution >= 0.6 is 11.3 Å². The number of aryl methyl sites for hydroxylation is 1. The molecular formula is C23H22N4O5S2. The van der Waals surface area contributed by atoms with Gasteiger partial charge in [-0.1, -0.05) is 24.3 Å². The number of amides is 1. The van der Waals surface area contributed by atoms with Crippen LogP contribution in [0.25, 0.3) is 15.9 Å².